The van der Waals surface area contributed by atoms with Crippen LogP contribution in [-0.2, 0) is 22.5 Å². The van der Waals surface area contributed by atoms with Crippen LogP contribution in [0.1, 0.15) is 47.4 Å². The predicted octanol–water partition coefficient (Wildman–Crippen LogP) is 3.37. The molecule has 0 radical (unpaired) electrons. The van der Waals surface area contributed by atoms with E-state index in [0.717, 1.165) is 31.5 Å². The molecule has 0 unspecified atom stereocenters. The maximum atomic E-state index is 13.0. The summed E-state index contributed by atoms with van der Waals surface area (Å²) in [5.41, 5.74) is 1.34. The average molecular weight is 497 g/mol. The van der Waals surface area contributed by atoms with E-state index >= 15 is 0 Å². The molecule has 10 heteroatoms. The summed E-state index contributed by atoms with van der Waals surface area (Å²) in [6.45, 7) is 0.0781. The standard InChI is InChI=1S/C27H24N6O4/c28-15-19-16-29-33(20-8-4-3-5-9-20)25(19)31-24(34)17-37-27(36)18-11-12-21-22(14-18)30-23-10-6-1-2-7-13-32(23)26(21)35/h3-5,8-9,11-12,14,16H,1-2,6-7,10,13,17H2,(H,31,34). The highest BCUT2D eigenvalue weighted by Crippen LogP contribution is 2.20. The zero-order valence-electron chi connectivity index (χ0n) is 20.0. The largest absolute Gasteiger partial charge is 0.452 e. The lowest BCUT2D eigenvalue weighted by molar-refractivity contribution is -0.119. The summed E-state index contributed by atoms with van der Waals surface area (Å²) in [4.78, 5) is 42.9. The SMILES string of the molecule is N#Cc1cnn(-c2ccccc2)c1NC(=O)COC(=O)c1ccc2c(=O)n3c(nc2c1)CCCCCC3. The highest BCUT2D eigenvalue weighted by atomic mass is 16.5. The number of nitrogens with one attached hydrogen (secondary N) is 1. The third-order valence-electron chi connectivity index (χ3n) is 6.28. The van der Waals surface area contributed by atoms with E-state index in [0.29, 0.717) is 29.6 Å². The second-order valence-corrected chi connectivity index (χ2v) is 8.77. The van der Waals surface area contributed by atoms with Crippen molar-refractivity contribution in [2.24, 2.45) is 0 Å². The zero-order valence-corrected chi connectivity index (χ0v) is 20.0. The van der Waals surface area contributed by atoms with Crippen LogP contribution < -0.4 is 10.9 Å². The number of carbonyl (C=O) groups excluding carboxylic acids is 2. The molecule has 1 aliphatic rings. The molecule has 0 saturated carbocycles. The van der Waals surface area contributed by atoms with Crippen molar-refractivity contribution >= 4 is 28.6 Å². The normalized spacial score (nSPS) is 13.2. The lowest BCUT2D eigenvalue weighted by Crippen LogP contribution is -2.26. The van der Waals surface area contributed by atoms with Crippen LogP contribution in [0.3, 0.4) is 0 Å². The fraction of sp³-hybridized carbons (Fsp3) is 0.259. The van der Waals surface area contributed by atoms with Crippen molar-refractivity contribution in [3.63, 3.8) is 0 Å². The molecule has 0 atom stereocenters. The summed E-state index contributed by atoms with van der Waals surface area (Å²) in [5.74, 6) is -0.434. The molecule has 37 heavy (non-hydrogen) atoms. The number of anilines is 1. The summed E-state index contributed by atoms with van der Waals surface area (Å²) in [6.07, 6.45) is 6.16. The van der Waals surface area contributed by atoms with E-state index in [9.17, 15) is 19.6 Å². The Kier molecular flexibility index (Phi) is 6.76. The number of aromatic nitrogens is 4. The molecule has 0 saturated heterocycles. The van der Waals surface area contributed by atoms with E-state index in [1.54, 1.807) is 22.8 Å². The Hall–Kier alpha value is -4.78. The second-order valence-electron chi connectivity index (χ2n) is 8.77. The summed E-state index contributed by atoms with van der Waals surface area (Å²) >= 11 is 0. The lowest BCUT2D eigenvalue weighted by atomic mass is 10.1. The monoisotopic (exact) mass is 496 g/mol. The Morgan fingerprint density at radius 2 is 1.89 bits per heavy atom. The number of hydrogen-bond acceptors (Lipinski definition) is 7. The zero-order chi connectivity index (χ0) is 25.8. The third-order valence-corrected chi connectivity index (χ3v) is 6.28. The molecule has 1 aliphatic heterocycles. The Labute approximate surface area is 212 Å². The molecule has 0 fully saturated rings. The van der Waals surface area contributed by atoms with Gasteiger partial charge in [-0.15, -0.1) is 0 Å². The van der Waals surface area contributed by atoms with Gasteiger partial charge in [-0.25, -0.2) is 14.5 Å². The quantitative estimate of drug-likeness (QED) is 0.419. The van der Waals surface area contributed by atoms with E-state index in [2.05, 4.69) is 15.4 Å². The van der Waals surface area contributed by atoms with Crippen LogP contribution in [0, 0.1) is 11.3 Å². The summed E-state index contributed by atoms with van der Waals surface area (Å²) < 4.78 is 8.37. The number of ether oxygens (including phenoxy) is 1. The van der Waals surface area contributed by atoms with Gasteiger partial charge in [0, 0.05) is 13.0 Å². The predicted molar refractivity (Wildman–Crippen MR) is 135 cm³/mol. The van der Waals surface area contributed by atoms with Gasteiger partial charge in [0.15, 0.2) is 12.4 Å². The number of nitriles is 1. The summed E-state index contributed by atoms with van der Waals surface area (Å²) in [6, 6.07) is 15.6. The average Bonchev–Trinajstić information content (AvgIpc) is 3.31. The first-order chi connectivity index (χ1) is 18.0. The number of carbonyl (C=O) groups is 2. The van der Waals surface area contributed by atoms with E-state index < -0.39 is 18.5 Å². The second kappa shape index (κ2) is 10.5. The molecule has 10 nitrogen and oxygen atoms in total. The number of para-hydroxylation sites is 1. The topological polar surface area (TPSA) is 132 Å². The molecule has 4 aromatic rings. The van der Waals surface area contributed by atoms with E-state index in [1.165, 1.54) is 23.0 Å². The van der Waals surface area contributed by atoms with Gasteiger partial charge in [0.1, 0.15) is 17.5 Å². The highest BCUT2D eigenvalue weighted by Gasteiger charge is 2.18. The van der Waals surface area contributed by atoms with Crippen LogP contribution >= 0.6 is 0 Å². The molecule has 186 valence electrons. The van der Waals surface area contributed by atoms with Gasteiger partial charge in [-0.1, -0.05) is 31.0 Å². The van der Waals surface area contributed by atoms with Crippen LogP contribution in [0.15, 0.2) is 59.5 Å². The number of nitrogens with zero attached hydrogens (tertiary/aromatic N) is 5. The molecule has 5 rings (SSSR count). The molecule has 0 aliphatic carbocycles. The van der Waals surface area contributed by atoms with Gasteiger partial charge in [0.2, 0.25) is 0 Å². The van der Waals surface area contributed by atoms with Crippen molar-refractivity contribution in [1.29, 1.82) is 5.26 Å². The van der Waals surface area contributed by atoms with Crippen molar-refractivity contribution < 1.29 is 14.3 Å². The molecule has 2 aromatic carbocycles. The number of benzene rings is 2. The number of fused-ring (bicyclic) bond motifs is 2. The Bertz CT molecular complexity index is 1580. The molecular weight excluding hydrogens is 472 g/mol. The molecule has 1 amide bonds. The summed E-state index contributed by atoms with van der Waals surface area (Å²) in [5, 5.41) is 16.6. The summed E-state index contributed by atoms with van der Waals surface area (Å²) in [7, 11) is 0. The van der Waals surface area contributed by atoms with Crippen LogP contribution in [0.25, 0.3) is 16.6 Å². The Morgan fingerprint density at radius 1 is 1.08 bits per heavy atom. The highest BCUT2D eigenvalue weighted by molar-refractivity contribution is 5.97. The van der Waals surface area contributed by atoms with Crippen molar-refractivity contribution in [2.45, 2.75) is 38.6 Å². The Morgan fingerprint density at radius 3 is 2.70 bits per heavy atom. The van der Waals surface area contributed by atoms with Gasteiger partial charge in [-0.3, -0.25) is 14.2 Å². The van der Waals surface area contributed by atoms with Gasteiger partial charge >= 0.3 is 5.97 Å². The number of esters is 1. The van der Waals surface area contributed by atoms with Crippen molar-refractivity contribution in [3.8, 4) is 11.8 Å². The van der Waals surface area contributed by atoms with Crippen LogP contribution in [0.5, 0.6) is 0 Å². The molecule has 0 spiro atoms. The molecule has 3 heterocycles. The van der Waals surface area contributed by atoms with E-state index in [4.69, 9.17) is 4.74 Å². The first-order valence-electron chi connectivity index (χ1n) is 12.1. The van der Waals surface area contributed by atoms with Gasteiger partial charge in [0.05, 0.1) is 28.4 Å². The van der Waals surface area contributed by atoms with Crippen molar-refractivity contribution in [3.05, 3.63) is 82.0 Å². The third kappa shape index (κ3) is 4.97. The minimum absolute atomic E-state index is 0.107. The molecule has 1 N–H and O–H groups in total. The van der Waals surface area contributed by atoms with E-state index in [1.807, 2.05) is 24.3 Å². The maximum absolute atomic E-state index is 13.0. The minimum atomic E-state index is -0.720. The molecular formula is C27H24N6O4. The van der Waals surface area contributed by atoms with Crippen LogP contribution in [-0.4, -0.2) is 37.8 Å². The van der Waals surface area contributed by atoms with Crippen LogP contribution in [0.4, 0.5) is 5.82 Å². The van der Waals surface area contributed by atoms with Crippen molar-refractivity contribution in [1.82, 2.24) is 19.3 Å². The van der Waals surface area contributed by atoms with Crippen LogP contribution in [0.2, 0.25) is 0 Å². The van der Waals surface area contributed by atoms with E-state index in [-0.39, 0.29) is 22.5 Å². The number of hydrogen-bond donors (Lipinski definition) is 1. The number of amides is 1. The lowest BCUT2D eigenvalue weighted by Gasteiger charge is -2.16. The number of aryl methyl sites for hydroxylation is 1. The molecule has 2 aromatic heterocycles. The van der Waals surface area contributed by atoms with Gasteiger partial charge in [0.25, 0.3) is 11.5 Å². The minimum Gasteiger partial charge on any atom is -0.452 e. The van der Waals surface area contributed by atoms with Gasteiger partial charge < -0.3 is 10.1 Å². The fourth-order valence-electron chi connectivity index (χ4n) is 4.42. The van der Waals surface area contributed by atoms with Gasteiger partial charge in [-0.05, 0) is 43.2 Å². The molecule has 0 bridgehead atoms. The first-order valence-corrected chi connectivity index (χ1v) is 12.1. The van der Waals surface area contributed by atoms with Gasteiger partial charge in [-0.2, -0.15) is 10.4 Å². The first kappa shape index (κ1) is 23.9. The van der Waals surface area contributed by atoms with Crippen molar-refractivity contribution in [2.75, 3.05) is 11.9 Å². The number of rotatable bonds is 5. The Balaban J connectivity index is 1.31. The fourth-order valence-corrected chi connectivity index (χ4v) is 4.42. The maximum Gasteiger partial charge on any atom is 0.338 e. The smallest absolute Gasteiger partial charge is 0.338 e.